The van der Waals surface area contributed by atoms with Gasteiger partial charge in [0.25, 0.3) is 5.91 Å². The molecule has 0 aliphatic carbocycles. The smallest absolute Gasteiger partial charge is 0.254 e. The summed E-state index contributed by atoms with van der Waals surface area (Å²) in [6.45, 7) is 12.1. The second kappa shape index (κ2) is 22.8. The van der Waals surface area contributed by atoms with Crippen LogP contribution in [0.2, 0.25) is 5.02 Å². The molecule has 6 heterocycles. The minimum absolute atomic E-state index is 0.121. The van der Waals surface area contributed by atoms with Gasteiger partial charge in [0.15, 0.2) is 5.82 Å². The molecule has 0 radical (unpaired) electrons. The van der Waals surface area contributed by atoms with Crippen LogP contribution in [0.3, 0.4) is 0 Å². The zero-order valence-corrected chi connectivity index (χ0v) is 45.0. The number of piperidine rings is 3. The van der Waals surface area contributed by atoms with Gasteiger partial charge in [-0.15, -0.1) is 0 Å². The van der Waals surface area contributed by atoms with E-state index >= 15 is 4.39 Å². The number of hydrogen-bond acceptors (Lipinski definition) is 14. The van der Waals surface area contributed by atoms with E-state index in [1.54, 1.807) is 37.4 Å². The van der Waals surface area contributed by atoms with E-state index in [1.807, 2.05) is 68.0 Å². The summed E-state index contributed by atoms with van der Waals surface area (Å²) < 4.78 is 36.8. The van der Waals surface area contributed by atoms with Crippen molar-refractivity contribution >= 4 is 76.3 Å². The zero-order valence-electron chi connectivity index (χ0n) is 43.4. The minimum atomic E-state index is -2.74. The highest BCUT2D eigenvalue weighted by Gasteiger charge is 2.32. The largest absolute Gasteiger partial charge is 0.494 e. The molecule has 2 aromatic heterocycles. The highest BCUT2D eigenvalue weighted by Crippen LogP contribution is 2.43. The van der Waals surface area contributed by atoms with E-state index in [4.69, 9.17) is 21.3 Å². The van der Waals surface area contributed by atoms with Gasteiger partial charge in [0, 0.05) is 118 Å². The Hall–Kier alpha value is -6.85. The quantitative estimate of drug-likeness (QED) is 0.0572. The molecule has 76 heavy (non-hydrogen) atoms. The molecular weight excluding hydrogens is 1010 g/mol. The van der Waals surface area contributed by atoms with Gasteiger partial charge in [-0.2, -0.15) is 10.1 Å². The van der Waals surface area contributed by atoms with Gasteiger partial charge in [0.05, 0.1) is 36.4 Å². The molecular formula is C56H65ClFN12O5P. The number of nitrogens with zero attached hydrogens (tertiary/aromatic N) is 8. The van der Waals surface area contributed by atoms with Gasteiger partial charge in [0.2, 0.25) is 17.8 Å². The van der Waals surface area contributed by atoms with Crippen LogP contribution < -0.4 is 41.1 Å². The Morgan fingerprint density at radius 1 is 0.829 bits per heavy atom. The third-order valence-corrected chi connectivity index (χ3v) is 17.0. The van der Waals surface area contributed by atoms with Crippen molar-refractivity contribution in [1.82, 2.24) is 40.2 Å². The lowest BCUT2D eigenvalue weighted by Crippen LogP contribution is -2.54. The number of carbonyl (C=O) groups excluding carboxylic acids is 3. The van der Waals surface area contributed by atoms with Crippen molar-refractivity contribution in [2.24, 2.45) is 13.0 Å². The lowest BCUT2D eigenvalue weighted by molar-refractivity contribution is -0.134. The van der Waals surface area contributed by atoms with Crippen LogP contribution in [0.4, 0.5) is 38.9 Å². The first-order chi connectivity index (χ1) is 36.6. The molecule has 0 spiro atoms. The molecule has 4 aliphatic rings. The fraction of sp³-hybridized carbons (Fsp3) is 0.393. The molecule has 0 bridgehead atoms. The summed E-state index contributed by atoms with van der Waals surface area (Å²) >= 11 is 6.71. The van der Waals surface area contributed by atoms with Crippen molar-refractivity contribution in [2.75, 3.05) is 99.8 Å². The fourth-order valence-corrected chi connectivity index (χ4v) is 12.3. The number of ether oxygens (including phenoxy) is 1. The highest BCUT2D eigenvalue weighted by atomic mass is 35.5. The van der Waals surface area contributed by atoms with Crippen LogP contribution in [0.5, 0.6) is 5.75 Å². The van der Waals surface area contributed by atoms with Crippen molar-refractivity contribution in [3.63, 3.8) is 0 Å². The summed E-state index contributed by atoms with van der Waals surface area (Å²) in [4.78, 5) is 55.7. The molecule has 4 N–H and O–H groups in total. The number of anilines is 6. The number of halogens is 2. The summed E-state index contributed by atoms with van der Waals surface area (Å²) in [6.07, 6.45) is 9.84. The van der Waals surface area contributed by atoms with E-state index in [2.05, 4.69) is 63.1 Å². The van der Waals surface area contributed by atoms with Crippen LogP contribution in [0, 0.1) is 11.7 Å². The van der Waals surface area contributed by atoms with Gasteiger partial charge >= 0.3 is 0 Å². The minimum Gasteiger partial charge on any atom is -0.494 e. The first-order valence-corrected chi connectivity index (χ1v) is 29.1. The Labute approximate surface area is 447 Å². The van der Waals surface area contributed by atoms with Gasteiger partial charge in [-0.1, -0.05) is 48.0 Å². The Balaban J connectivity index is 0.737. The Bertz CT molecular complexity index is 3150. The summed E-state index contributed by atoms with van der Waals surface area (Å²) in [6, 6.07) is 24.3. The third-order valence-electron chi connectivity index (χ3n) is 15.2. The predicted molar refractivity (Wildman–Crippen MR) is 298 cm³/mol. The molecule has 4 fully saturated rings. The molecule has 17 nitrogen and oxygen atoms in total. The molecule has 6 aromatic rings. The van der Waals surface area contributed by atoms with Crippen molar-refractivity contribution in [2.45, 2.75) is 50.6 Å². The number of benzene rings is 4. The number of amides is 3. The van der Waals surface area contributed by atoms with Crippen molar-refractivity contribution in [1.29, 1.82) is 0 Å². The van der Waals surface area contributed by atoms with E-state index in [-0.39, 0.29) is 24.3 Å². The van der Waals surface area contributed by atoms with E-state index in [0.717, 1.165) is 118 Å². The monoisotopic (exact) mass is 1070 g/mol. The van der Waals surface area contributed by atoms with E-state index in [0.29, 0.717) is 51.2 Å². The van der Waals surface area contributed by atoms with Crippen LogP contribution >= 0.6 is 18.7 Å². The van der Waals surface area contributed by atoms with Crippen molar-refractivity contribution < 1.29 is 28.1 Å². The standard InChI is InChI=1S/C56H65ClFN12O5P/c1-66-35-39(32-60-66)43-30-48(63-56-59-33-44(57)53(65-56)61-46-13-10-38(28-51(46)76(3,4)74)37-8-6-5-7-9-37)50(75-2)31-49(43)70-22-18-40(19-23-70)69-26-24-67(25-27-69)34-36-16-20-68(21-17-36)41-11-12-42(45(58)29-41)54(72)62-47-14-15-52(71)64-55(47)73/h5-13,28-33,35-36,40,47H,14-27,34H2,1-4H3,(H,62,72)(H,64,71,73)(H2,59,61,63,65). The third kappa shape index (κ3) is 12.1. The van der Waals surface area contributed by atoms with Crippen LogP contribution in [0.25, 0.3) is 22.3 Å². The first-order valence-electron chi connectivity index (χ1n) is 26.1. The van der Waals surface area contributed by atoms with Gasteiger partial charge in [-0.25, -0.2) is 9.37 Å². The highest BCUT2D eigenvalue weighted by molar-refractivity contribution is 7.70. The Morgan fingerprint density at radius 2 is 1.58 bits per heavy atom. The zero-order chi connectivity index (χ0) is 53.1. The number of methoxy groups -OCH3 is 1. The van der Waals surface area contributed by atoms with Crippen molar-refractivity contribution in [3.8, 4) is 28.0 Å². The number of piperazine rings is 1. The average Bonchev–Trinajstić information content (AvgIpc) is 3.88. The van der Waals surface area contributed by atoms with Gasteiger partial charge in [-0.3, -0.25) is 29.3 Å². The number of aromatic nitrogens is 4. The predicted octanol–water partition coefficient (Wildman–Crippen LogP) is 8.12. The number of rotatable bonds is 15. The first kappa shape index (κ1) is 52.6. The summed E-state index contributed by atoms with van der Waals surface area (Å²) in [7, 11) is 0.838. The molecule has 1 unspecified atom stereocenters. The summed E-state index contributed by atoms with van der Waals surface area (Å²) in [5.74, 6) is -0.392. The maximum absolute atomic E-state index is 15.3. The maximum atomic E-state index is 15.3. The molecule has 4 saturated heterocycles. The lowest BCUT2D eigenvalue weighted by Gasteiger charge is -2.44. The topological polar surface area (TPSA) is 182 Å². The molecule has 0 saturated carbocycles. The summed E-state index contributed by atoms with van der Waals surface area (Å²) in [5.41, 5.74) is 6.99. The van der Waals surface area contributed by atoms with Gasteiger partial charge in [-0.05, 0) is 98.9 Å². The van der Waals surface area contributed by atoms with E-state index in [1.165, 1.54) is 12.1 Å². The molecule has 4 aliphatic heterocycles. The summed E-state index contributed by atoms with van der Waals surface area (Å²) in [5, 5.41) is 17.1. The van der Waals surface area contributed by atoms with Crippen LogP contribution in [-0.2, 0) is 21.2 Å². The molecule has 4 aromatic carbocycles. The second-order valence-corrected chi connectivity index (χ2v) is 24.3. The van der Waals surface area contributed by atoms with E-state index in [9.17, 15) is 18.9 Å². The number of imide groups is 1. The van der Waals surface area contributed by atoms with Crippen LogP contribution in [-0.4, -0.2) is 139 Å². The average molecular weight is 1070 g/mol. The SMILES string of the molecule is COc1cc(N2CCC(N3CCN(CC4CCN(c5ccc(C(=O)NC6CCC(=O)NC6=O)c(F)c5)CC4)CC3)CC2)c(-c2cnn(C)c2)cc1Nc1ncc(Cl)c(Nc2ccc(-c3ccccc3)cc2P(C)(C)=O)n1. The number of nitrogens with one attached hydrogen (secondary N) is 4. The number of hydrogen-bond donors (Lipinski definition) is 4. The molecule has 1 atom stereocenters. The second-order valence-electron chi connectivity index (χ2n) is 20.7. The van der Waals surface area contributed by atoms with Gasteiger partial charge < -0.3 is 40.0 Å². The van der Waals surface area contributed by atoms with E-state index < -0.39 is 30.8 Å². The number of carbonyl (C=O) groups is 3. The van der Waals surface area contributed by atoms with Crippen molar-refractivity contribution in [3.05, 3.63) is 114 Å². The molecule has 20 heteroatoms. The maximum Gasteiger partial charge on any atom is 0.254 e. The fourth-order valence-electron chi connectivity index (χ4n) is 11.0. The van der Waals surface area contributed by atoms with Gasteiger partial charge in [0.1, 0.15) is 29.8 Å². The number of aryl methyl sites for hydroxylation is 1. The molecule has 3 amide bonds. The van der Waals surface area contributed by atoms with Crippen LogP contribution in [0.1, 0.15) is 48.9 Å². The Morgan fingerprint density at radius 3 is 2.26 bits per heavy atom. The molecule has 398 valence electrons. The molecule has 10 rings (SSSR count). The Kier molecular flexibility index (Phi) is 15.8. The normalized spacial score (nSPS) is 18.4. The van der Waals surface area contributed by atoms with Crippen LogP contribution in [0.15, 0.2) is 97.5 Å². The lowest BCUT2D eigenvalue weighted by atomic mass is 9.95.